The zero-order valence-corrected chi connectivity index (χ0v) is 10.1. The van der Waals surface area contributed by atoms with Gasteiger partial charge in [-0.25, -0.2) is 4.39 Å². The molecule has 2 nitrogen and oxygen atoms in total. The average molecular weight is 276 g/mol. The first-order valence-electron chi connectivity index (χ1n) is 5.82. The van der Waals surface area contributed by atoms with Gasteiger partial charge >= 0.3 is 12.1 Å². The van der Waals surface area contributed by atoms with Crippen LogP contribution in [0.1, 0.15) is 18.9 Å². The molecule has 0 spiro atoms. The first-order chi connectivity index (χ1) is 8.83. The van der Waals surface area contributed by atoms with E-state index in [2.05, 4.69) is 4.74 Å². The molecular formula is C13H12F4O2. The van der Waals surface area contributed by atoms with Crippen LogP contribution < -0.4 is 0 Å². The molecule has 0 aliphatic heterocycles. The second-order valence-corrected chi connectivity index (χ2v) is 4.48. The third-order valence-electron chi connectivity index (χ3n) is 3.40. The summed E-state index contributed by atoms with van der Waals surface area (Å²) in [5.41, 5.74) is -2.33. The molecule has 0 aromatic heterocycles. The van der Waals surface area contributed by atoms with E-state index < -0.39 is 29.3 Å². The van der Waals surface area contributed by atoms with E-state index in [0.717, 1.165) is 24.3 Å². The molecule has 0 N–H and O–H groups in total. The van der Waals surface area contributed by atoms with Gasteiger partial charge in [-0.05, 0) is 31.0 Å². The molecule has 1 aromatic rings. The van der Waals surface area contributed by atoms with Gasteiger partial charge < -0.3 is 4.74 Å². The van der Waals surface area contributed by atoms with E-state index >= 15 is 0 Å². The minimum Gasteiger partial charge on any atom is -0.466 e. The Morgan fingerprint density at radius 2 is 1.95 bits per heavy atom. The van der Waals surface area contributed by atoms with Crippen LogP contribution in [0.3, 0.4) is 0 Å². The molecule has 0 radical (unpaired) electrons. The van der Waals surface area contributed by atoms with Gasteiger partial charge in [-0.15, -0.1) is 0 Å². The molecule has 1 aliphatic carbocycles. The fraction of sp³-hybridized carbons (Fsp3) is 0.462. The fourth-order valence-corrected chi connectivity index (χ4v) is 2.33. The lowest BCUT2D eigenvalue weighted by atomic mass is 9.92. The van der Waals surface area contributed by atoms with Crippen molar-refractivity contribution in [2.24, 2.45) is 5.92 Å². The van der Waals surface area contributed by atoms with Crippen LogP contribution in [0.15, 0.2) is 24.3 Å². The molecule has 2 atom stereocenters. The van der Waals surface area contributed by atoms with Crippen molar-refractivity contribution < 1.29 is 27.1 Å². The summed E-state index contributed by atoms with van der Waals surface area (Å²) in [5.74, 6) is -2.71. The van der Waals surface area contributed by atoms with Gasteiger partial charge in [0, 0.05) is 0 Å². The van der Waals surface area contributed by atoms with E-state index in [1.807, 2.05) is 0 Å². The standard InChI is InChI=1S/C13H12F4O2/c1-2-19-11(18)10-7-12(10,13(15,16)17)8-3-5-9(14)6-4-8/h3-6,10H,2,7H2,1H3/t10-,12+/m1/s1. The predicted molar refractivity (Wildman–Crippen MR) is 58.9 cm³/mol. The van der Waals surface area contributed by atoms with E-state index in [9.17, 15) is 22.4 Å². The minimum atomic E-state index is -4.57. The fourth-order valence-electron chi connectivity index (χ4n) is 2.33. The van der Waals surface area contributed by atoms with Gasteiger partial charge in [0.2, 0.25) is 0 Å². The Balaban J connectivity index is 2.35. The highest BCUT2D eigenvalue weighted by Crippen LogP contribution is 2.63. The Morgan fingerprint density at radius 3 is 2.42 bits per heavy atom. The number of benzene rings is 1. The van der Waals surface area contributed by atoms with Gasteiger partial charge in [0.15, 0.2) is 0 Å². The topological polar surface area (TPSA) is 26.3 Å². The molecule has 0 heterocycles. The SMILES string of the molecule is CCOC(=O)[C@H]1C[C@@]1(c1ccc(F)cc1)C(F)(F)F. The molecule has 0 amide bonds. The molecule has 1 aliphatic rings. The highest BCUT2D eigenvalue weighted by molar-refractivity contribution is 5.79. The molecule has 1 saturated carbocycles. The van der Waals surface area contributed by atoms with Crippen LogP contribution in [-0.2, 0) is 14.9 Å². The monoisotopic (exact) mass is 276 g/mol. The van der Waals surface area contributed by atoms with E-state index in [1.54, 1.807) is 0 Å². The van der Waals surface area contributed by atoms with Crippen LogP contribution in [0.2, 0.25) is 0 Å². The Labute approximate surface area is 107 Å². The first kappa shape index (κ1) is 13.8. The second-order valence-electron chi connectivity index (χ2n) is 4.48. The van der Waals surface area contributed by atoms with Crippen LogP contribution in [0.25, 0.3) is 0 Å². The van der Waals surface area contributed by atoms with E-state index in [0.29, 0.717) is 0 Å². The second kappa shape index (κ2) is 4.51. The highest BCUT2D eigenvalue weighted by atomic mass is 19.4. The average Bonchev–Trinajstić information content (AvgIpc) is 3.06. The normalized spacial score (nSPS) is 26.1. The third-order valence-corrected chi connectivity index (χ3v) is 3.40. The Hall–Kier alpha value is -1.59. The number of carbonyl (C=O) groups excluding carboxylic acids is 1. The summed E-state index contributed by atoms with van der Waals surface area (Å²) in [7, 11) is 0. The molecule has 104 valence electrons. The Kier molecular flexibility index (Phi) is 3.28. The van der Waals surface area contributed by atoms with Crippen LogP contribution >= 0.6 is 0 Å². The van der Waals surface area contributed by atoms with Crippen molar-refractivity contribution in [3.05, 3.63) is 35.6 Å². The van der Waals surface area contributed by atoms with Crippen LogP contribution in [0, 0.1) is 11.7 Å². The third kappa shape index (κ3) is 2.19. The summed E-state index contributed by atoms with van der Waals surface area (Å²) < 4.78 is 57.1. The molecular weight excluding hydrogens is 264 g/mol. The molecule has 2 rings (SSSR count). The minimum absolute atomic E-state index is 0.0344. The molecule has 0 saturated heterocycles. The van der Waals surface area contributed by atoms with Gasteiger partial charge in [-0.1, -0.05) is 12.1 Å². The van der Waals surface area contributed by atoms with Gasteiger partial charge in [0.05, 0.1) is 12.5 Å². The highest BCUT2D eigenvalue weighted by Gasteiger charge is 2.74. The quantitative estimate of drug-likeness (QED) is 0.626. The zero-order valence-electron chi connectivity index (χ0n) is 10.1. The Bertz CT molecular complexity index is 480. The summed E-state index contributed by atoms with van der Waals surface area (Å²) in [6.07, 6.45) is -4.91. The molecule has 0 bridgehead atoms. The van der Waals surface area contributed by atoms with Crippen molar-refractivity contribution in [3.63, 3.8) is 0 Å². The lowest BCUT2D eigenvalue weighted by molar-refractivity contribution is -0.172. The van der Waals surface area contributed by atoms with Crippen molar-refractivity contribution in [3.8, 4) is 0 Å². The predicted octanol–water partition coefficient (Wildman–Crippen LogP) is 3.21. The van der Waals surface area contributed by atoms with E-state index in [1.165, 1.54) is 6.92 Å². The maximum absolute atomic E-state index is 13.2. The van der Waals surface area contributed by atoms with Crippen LogP contribution in [-0.4, -0.2) is 18.8 Å². The summed E-state index contributed by atoms with van der Waals surface area (Å²) in [5, 5.41) is 0. The molecule has 19 heavy (non-hydrogen) atoms. The van der Waals surface area contributed by atoms with Crippen molar-refractivity contribution in [1.29, 1.82) is 0 Å². The van der Waals surface area contributed by atoms with Crippen molar-refractivity contribution in [1.82, 2.24) is 0 Å². The molecule has 6 heteroatoms. The number of carbonyl (C=O) groups is 1. The number of hydrogen-bond donors (Lipinski definition) is 0. The first-order valence-corrected chi connectivity index (χ1v) is 5.82. The number of alkyl halides is 3. The number of hydrogen-bond acceptors (Lipinski definition) is 2. The smallest absolute Gasteiger partial charge is 0.399 e. The molecule has 0 unspecified atom stereocenters. The summed E-state index contributed by atoms with van der Waals surface area (Å²) in [4.78, 5) is 11.5. The van der Waals surface area contributed by atoms with Crippen molar-refractivity contribution >= 4 is 5.97 Å². The van der Waals surface area contributed by atoms with Crippen LogP contribution in [0.4, 0.5) is 17.6 Å². The van der Waals surface area contributed by atoms with Gasteiger partial charge in [0.25, 0.3) is 0 Å². The van der Waals surface area contributed by atoms with Crippen LogP contribution in [0.5, 0.6) is 0 Å². The number of ether oxygens (including phenoxy) is 1. The largest absolute Gasteiger partial charge is 0.466 e. The van der Waals surface area contributed by atoms with Crippen molar-refractivity contribution in [2.75, 3.05) is 6.61 Å². The summed E-state index contributed by atoms with van der Waals surface area (Å²) in [6, 6.07) is 4.07. The zero-order chi connectivity index (χ0) is 14.3. The van der Waals surface area contributed by atoms with Gasteiger partial charge in [0.1, 0.15) is 11.2 Å². The lowest BCUT2D eigenvalue weighted by Gasteiger charge is -2.21. The van der Waals surface area contributed by atoms with Crippen molar-refractivity contribution in [2.45, 2.75) is 24.9 Å². The van der Waals surface area contributed by atoms with E-state index in [-0.39, 0.29) is 18.6 Å². The molecule has 1 aromatic carbocycles. The van der Waals surface area contributed by atoms with E-state index in [4.69, 9.17) is 0 Å². The number of rotatable bonds is 3. The molecule has 1 fully saturated rings. The Morgan fingerprint density at radius 1 is 1.37 bits per heavy atom. The van der Waals surface area contributed by atoms with Gasteiger partial charge in [-0.3, -0.25) is 4.79 Å². The maximum Gasteiger partial charge on any atom is 0.399 e. The number of esters is 1. The number of halogens is 4. The summed E-state index contributed by atoms with van der Waals surface area (Å²) in [6.45, 7) is 1.57. The lowest BCUT2D eigenvalue weighted by Crippen LogP contribution is -2.33. The maximum atomic E-state index is 13.2. The van der Waals surface area contributed by atoms with Gasteiger partial charge in [-0.2, -0.15) is 13.2 Å². The summed E-state index contributed by atoms with van der Waals surface area (Å²) >= 11 is 0.